The molecule has 5 aromatic rings. The molecule has 0 aliphatic carbocycles. The molecule has 0 aliphatic heterocycles. The van der Waals surface area contributed by atoms with Gasteiger partial charge in [-0.1, -0.05) is 102 Å². The predicted molar refractivity (Wildman–Crippen MR) is 158 cm³/mol. The van der Waals surface area contributed by atoms with Gasteiger partial charge in [-0.05, 0) is 60.7 Å². The van der Waals surface area contributed by atoms with Gasteiger partial charge in [0.1, 0.15) is 5.82 Å². The van der Waals surface area contributed by atoms with Crippen LogP contribution in [-0.4, -0.2) is 20.7 Å². The van der Waals surface area contributed by atoms with Crippen molar-refractivity contribution in [2.24, 2.45) is 0 Å². The van der Waals surface area contributed by atoms with Crippen LogP contribution in [0.15, 0.2) is 114 Å². The van der Waals surface area contributed by atoms with E-state index >= 15 is 0 Å². The molecule has 0 saturated heterocycles. The Bertz CT molecular complexity index is 1520. The van der Waals surface area contributed by atoms with Crippen molar-refractivity contribution in [3.8, 4) is 5.69 Å². The van der Waals surface area contributed by atoms with Crippen molar-refractivity contribution in [1.82, 2.24) is 20.1 Å². The van der Waals surface area contributed by atoms with E-state index in [0.717, 1.165) is 27.9 Å². The summed E-state index contributed by atoms with van der Waals surface area (Å²) in [4.78, 5) is 13.2. The highest BCUT2D eigenvalue weighted by molar-refractivity contribution is 7.98. The highest BCUT2D eigenvalue weighted by Crippen LogP contribution is 2.29. The third-order valence-electron chi connectivity index (χ3n) is 6.64. The minimum atomic E-state index is -0.389. The van der Waals surface area contributed by atoms with Crippen LogP contribution in [0.2, 0.25) is 0 Å². The van der Waals surface area contributed by atoms with Crippen molar-refractivity contribution in [3.63, 3.8) is 0 Å². The summed E-state index contributed by atoms with van der Waals surface area (Å²) in [5.41, 5.74) is 5.27. The second-order valence-corrected chi connectivity index (χ2v) is 10.7. The highest BCUT2D eigenvalue weighted by atomic mass is 32.2. The molecule has 202 valence electrons. The quantitative estimate of drug-likeness (QED) is 0.179. The molecule has 0 saturated carbocycles. The standard InChI is InChI=1S/C33H31FN4OS/c1-24-12-19-29(20-13-24)38-32(36-37-33(38)40-23-27-14-17-28(34)18-15-27)30(22-26-10-6-3-7-11-26)35-31(39)21-16-25-8-4-2-5-9-25/h2-15,17-20,30H,16,21-23H2,1H3,(H,35,39). The zero-order valence-corrected chi connectivity index (χ0v) is 23.2. The fourth-order valence-corrected chi connectivity index (χ4v) is 5.41. The van der Waals surface area contributed by atoms with Crippen molar-refractivity contribution in [1.29, 1.82) is 0 Å². The van der Waals surface area contributed by atoms with E-state index < -0.39 is 0 Å². The van der Waals surface area contributed by atoms with E-state index in [-0.39, 0.29) is 17.8 Å². The first-order valence-corrected chi connectivity index (χ1v) is 14.3. The van der Waals surface area contributed by atoms with Gasteiger partial charge in [0.2, 0.25) is 5.91 Å². The van der Waals surface area contributed by atoms with Crippen LogP contribution in [-0.2, 0) is 23.4 Å². The molecule has 0 fully saturated rings. The summed E-state index contributed by atoms with van der Waals surface area (Å²) in [7, 11) is 0. The minimum absolute atomic E-state index is 0.0382. The summed E-state index contributed by atoms with van der Waals surface area (Å²) in [6.07, 6.45) is 1.61. The van der Waals surface area contributed by atoms with Gasteiger partial charge in [-0.3, -0.25) is 9.36 Å². The van der Waals surface area contributed by atoms with E-state index in [1.54, 1.807) is 12.1 Å². The van der Waals surface area contributed by atoms with Crippen LogP contribution in [0.1, 0.15) is 40.5 Å². The average molecular weight is 551 g/mol. The molecule has 0 bridgehead atoms. The molecule has 40 heavy (non-hydrogen) atoms. The van der Waals surface area contributed by atoms with Crippen LogP contribution in [0, 0.1) is 12.7 Å². The van der Waals surface area contributed by atoms with Crippen LogP contribution < -0.4 is 5.32 Å². The molecular weight excluding hydrogens is 519 g/mol. The Balaban J connectivity index is 1.45. The number of hydrogen-bond acceptors (Lipinski definition) is 4. The molecule has 1 N–H and O–H groups in total. The van der Waals surface area contributed by atoms with Gasteiger partial charge in [0.05, 0.1) is 6.04 Å². The largest absolute Gasteiger partial charge is 0.346 e. The smallest absolute Gasteiger partial charge is 0.220 e. The zero-order valence-electron chi connectivity index (χ0n) is 22.3. The van der Waals surface area contributed by atoms with E-state index in [9.17, 15) is 9.18 Å². The summed E-state index contributed by atoms with van der Waals surface area (Å²) >= 11 is 1.53. The van der Waals surface area contributed by atoms with Gasteiger partial charge in [0.15, 0.2) is 11.0 Å². The molecule has 1 amide bonds. The van der Waals surface area contributed by atoms with Crippen LogP contribution in [0.25, 0.3) is 5.69 Å². The van der Waals surface area contributed by atoms with E-state index in [4.69, 9.17) is 0 Å². The van der Waals surface area contributed by atoms with Crippen molar-refractivity contribution in [3.05, 3.63) is 143 Å². The SMILES string of the molecule is Cc1ccc(-n2c(SCc3ccc(F)cc3)nnc2C(Cc2ccccc2)NC(=O)CCc2ccccc2)cc1. The number of aromatic nitrogens is 3. The minimum Gasteiger partial charge on any atom is -0.346 e. The van der Waals surface area contributed by atoms with Crippen LogP contribution in [0.4, 0.5) is 4.39 Å². The van der Waals surface area contributed by atoms with Crippen LogP contribution >= 0.6 is 11.8 Å². The second kappa shape index (κ2) is 13.2. The molecule has 5 nitrogen and oxygen atoms in total. The Morgan fingerprint density at radius 3 is 2.15 bits per heavy atom. The number of benzene rings is 4. The van der Waals surface area contributed by atoms with Gasteiger partial charge in [0.25, 0.3) is 0 Å². The molecular formula is C33H31FN4OS. The lowest BCUT2D eigenvalue weighted by atomic mass is 10.0. The molecule has 1 unspecified atom stereocenters. The van der Waals surface area contributed by atoms with Crippen LogP contribution in [0.5, 0.6) is 0 Å². The van der Waals surface area contributed by atoms with Gasteiger partial charge in [0, 0.05) is 17.9 Å². The van der Waals surface area contributed by atoms with Gasteiger partial charge < -0.3 is 5.32 Å². The number of carbonyl (C=O) groups excluding carboxylic acids is 1. The number of carbonyl (C=O) groups is 1. The first kappa shape index (κ1) is 27.3. The summed E-state index contributed by atoms with van der Waals surface area (Å²) in [6.45, 7) is 2.05. The third-order valence-corrected chi connectivity index (χ3v) is 7.64. The lowest BCUT2D eigenvalue weighted by Gasteiger charge is -2.20. The number of rotatable bonds is 11. The molecule has 1 atom stereocenters. The maximum Gasteiger partial charge on any atom is 0.220 e. The first-order chi connectivity index (χ1) is 19.5. The molecule has 0 spiro atoms. The Hall–Kier alpha value is -4.23. The van der Waals surface area contributed by atoms with E-state index in [1.165, 1.54) is 23.9 Å². The van der Waals surface area contributed by atoms with E-state index in [2.05, 4.69) is 39.8 Å². The number of thioether (sulfide) groups is 1. The molecule has 7 heteroatoms. The molecule has 1 aromatic heterocycles. The first-order valence-electron chi connectivity index (χ1n) is 13.3. The molecule has 0 aliphatic rings. The van der Waals surface area contributed by atoms with Gasteiger partial charge in [-0.15, -0.1) is 10.2 Å². The number of nitrogens with one attached hydrogen (secondary N) is 1. The zero-order chi connectivity index (χ0) is 27.7. The fraction of sp³-hybridized carbons (Fsp3) is 0.182. The van der Waals surface area contributed by atoms with Crippen LogP contribution in [0.3, 0.4) is 0 Å². The van der Waals surface area contributed by atoms with Crippen molar-refractivity contribution in [2.75, 3.05) is 0 Å². The molecule has 5 rings (SSSR count). The monoisotopic (exact) mass is 550 g/mol. The summed E-state index contributed by atoms with van der Waals surface area (Å²) in [5, 5.41) is 13.1. The Morgan fingerprint density at radius 1 is 0.825 bits per heavy atom. The molecule has 0 radical (unpaired) electrons. The van der Waals surface area contributed by atoms with Gasteiger partial charge >= 0.3 is 0 Å². The topological polar surface area (TPSA) is 59.8 Å². The highest BCUT2D eigenvalue weighted by Gasteiger charge is 2.25. The second-order valence-electron chi connectivity index (χ2n) is 9.72. The number of nitrogens with zero attached hydrogens (tertiary/aromatic N) is 3. The Kier molecular flexibility index (Phi) is 9.04. The average Bonchev–Trinajstić information content (AvgIpc) is 3.41. The van der Waals surface area contributed by atoms with Gasteiger partial charge in [-0.2, -0.15) is 0 Å². The lowest BCUT2D eigenvalue weighted by molar-refractivity contribution is -0.121. The fourth-order valence-electron chi connectivity index (χ4n) is 4.49. The maximum atomic E-state index is 13.4. The number of halogens is 1. The van der Waals surface area contributed by atoms with Crippen molar-refractivity contribution in [2.45, 2.75) is 43.1 Å². The van der Waals surface area contributed by atoms with E-state index in [0.29, 0.717) is 36.0 Å². The molecule has 4 aromatic carbocycles. The van der Waals surface area contributed by atoms with Gasteiger partial charge in [-0.25, -0.2) is 4.39 Å². The third kappa shape index (κ3) is 7.24. The van der Waals surface area contributed by atoms with Crippen molar-refractivity contribution >= 4 is 17.7 Å². The van der Waals surface area contributed by atoms with E-state index in [1.807, 2.05) is 72.2 Å². The number of hydrogen-bond donors (Lipinski definition) is 1. The Labute approximate surface area is 238 Å². The summed E-state index contributed by atoms with van der Waals surface area (Å²) in [6, 6.07) is 34.4. The summed E-state index contributed by atoms with van der Waals surface area (Å²) < 4.78 is 15.5. The normalized spacial score (nSPS) is 11.8. The Morgan fingerprint density at radius 2 is 1.48 bits per heavy atom. The lowest BCUT2D eigenvalue weighted by Crippen LogP contribution is -2.32. The molecule has 1 heterocycles. The number of aryl methyl sites for hydroxylation is 2. The number of amides is 1. The van der Waals surface area contributed by atoms with Crippen molar-refractivity contribution < 1.29 is 9.18 Å². The maximum absolute atomic E-state index is 13.4. The summed E-state index contributed by atoms with van der Waals surface area (Å²) in [5.74, 6) is 0.980. The predicted octanol–water partition coefficient (Wildman–Crippen LogP) is 7.04.